The van der Waals surface area contributed by atoms with E-state index in [1.807, 2.05) is 6.92 Å². The molecule has 5 nitrogen and oxygen atoms in total. The first-order valence-corrected chi connectivity index (χ1v) is 4.21. The van der Waals surface area contributed by atoms with Crippen LogP contribution in [0.25, 0.3) is 0 Å². The molecule has 1 atom stereocenters. The number of aliphatic hydroxyl groups is 1. The van der Waals surface area contributed by atoms with E-state index in [-0.39, 0.29) is 12.6 Å². The van der Waals surface area contributed by atoms with Gasteiger partial charge in [-0.2, -0.15) is 0 Å². The van der Waals surface area contributed by atoms with Crippen LogP contribution in [0.1, 0.15) is 13.3 Å². The lowest BCUT2D eigenvalue weighted by Crippen LogP contribution is -2.24. The van der Waals surface area contributed by atoms with E-state index in [9.17, 15) is 0 Å². The summed E-state index contributed by atoms with van der Waals surface area (Å²) in [6, 6.07) is -0.0148. The van der Waals surface area contributed by atoms with Gasteiger partial charge in [-0.15, -0.1) is 0 Å². The van der Waals surface area contributed by atoms with Crippen LogP contribution in [-0.4, -0.2) is 27.7 Å². The third-order valence-electron chi connectivity index (χ3n) is 1.78. The topological polar surface area (TPSA) is 84.1 Å². The molecule has 0 saturated carbocycles. The van der Waals surface area contributed by atoms with E-state index in [1.165, 1.54) is 6.20 Å². The van der Waals surface area contributed by atoms with Gasteiger partial charge in [0.2, 0.25) is 0 Å². The third kappa shape index (κ3) is 2.55. The van der Waals surface area contributed by atoms with Gasteiger partial charge >= 0.3 is 0 Å². The molecule has 0 spiro atoms. The molecule has 0 aliphatic rings. The first-order chi connectivity index (χ1) is 6.27. The van der Waals surface area contributed by atoms with Crippen LogP contribution in [0, 0.1) is 0 Å². The number of rotatable bonds is 4. The second-order valence-corrected chi connectivity index (χ2v) is 2.72. The summed E-state index contributed by atoms with van der Waals surface area (Å²) in [6.07, 6.45) is 3.90. The fourth-order valence-corrected chi connectivity index (χ4v) is 0.930. The molecule has 4 N–H and O–H groups in total. The molecule has 5 heteroatoms. The van der Waals surface area contributed by atoms with Crippen LogP contribution in [-0.2, 0) is 0 Å². The van der Waals surface area contributed by atoms with Crippen molar-refractivity contribution in [2.24, 2.45) is 0 Å². The fourth-order valence-electron chi connectivity index (χ4n) is 0.930. The minimum Gasteiger partial charge on any atom is -0.394 e. The smallest absolute Gasteiger partial charge is 0.169 e. The Morgan fingerprint density at radius 3 is 2.77 bits per heavy atom. The van der Waals surface area contributed by atoms with Crippen LogP contribution < -0.4 is 11.1 Å². The van der Waals surface area contributed by atoms with Gasteiger partial charge in [0.15, 0.2) is 11.6 Å². The Kier molecular flexibility index (Phi) is 3.45. The molecule has 1 aromatic heterocycles. The Bertz CT molecular complexity index is 262. The summed E-state index contributed by atoms with van der Waals surface area (Å²) in [4.78, 5) is 7.88. The zero-order valence-corrected chi connectivity index (χ0v) is 7.57. The summed E-state index contributed by atoms with van der Waals surface area (Å²) in [5, 5.41) is 11.9. The molecular formula is C8H14N4O. The molecule has 0 aliphatic carbocycles. The van der Waals surface area contributed by atoms with E-state index in [0.717, 1.165) is 6.42 Å². The molecule has 0 aromatic carbocycles. The van der Waals surface area contributed by atoms with Crippen molar-refractivity contribution in [2.75, 3.05) is 17.7 Å². The molecule has 0 fully saturated rings. The third-order valence-corrected chi connectivity index (χ3v) is 1.78. The van der Waals surface area contributed by atoms with Gasteiger partial charge in [0.05, 0.1) is 12.6 Å². The van der Waals surface area contributed by atoms with E-state index < -0.39 is 0 Å². The van der Waals surface area contributed by atoms with E-state index in [2.05, 4.69) is 15.3 Å². The van der Waals surface area contributed by atoms with E-state index in [0.29, 0.717) is 11.6 Å². The lowest BCUT2D eigenvalue weighted by atomic mass is 10.2. The van der Waals surface area contributed by atoms with Crippen LogP contribution in [0.3, 0.4) is 0 Å². The van der Waals surface area contributed by atoms with Gasteiger partial charge in [0.25, 0.3) is 0 Å². The predicted octanol–water partition coefficient (Wildman–Crippen LogP) is 0.242. The second kappa shape index (κ2) is 4.61. The number of nitrogens with one attached hydrogen (secondary N) is 1. The Labute approximate surface area is 77.0 Å². The van der Waals surface area contributed by atoms with Crippen molar-refractivity contribution < 1.29 is 5.11 Å². The SMILES string of the molecule is CC[C@H](CO)Nc1nccnc1N. The van der Waals surface area contributed by atoms with Gasteiger partial charge in [0, 0.05) is 12.4 Å². The van der Waals surface area contributed by atoms with Crippen molar-refractivity contribution in [1.29, 1.82) is 0 Å². The summed E-state index contributed by atoms with van der Waals surface area (Å²) in [7, 11) is 0. The van der Waals surface area contributed by atoms with Crippen molar-refractivity contribution >= 4 is 11.6 Å². The Morgan fingerprint density at radius 1 is 1.54 bits per heavy atom. The van der Waals surface area contributed by atoms with Crippen molar-refractivity contribution in [3.05, 3.63) is 12.4 Å². The standard InChI is InChI=1S/C8H14N4O/c1-2-6(5-13)12-8-7(9)10-3-4-11-8/h3-4,6,13H,2,5H2,1H3,(H2,9,10)(H,11,12)/t6-/m1/s1. The number of nitrogens with two attached hydrogens (primary N) is 1. The Morgan fingerprint density at radius 2 is 2.23 bits per heavy atom. The summed E-state index contributed by atoms with van der Waals surface area (Å²) in [5.41, 5.74) is 5.56. The molecule has 13 heavy (non-hydrogen) atoms. The fraction of sp³-hybridized carbons (Fsp3) is 0.500. The summed E-state index contributed by atoms with van der Waals surface area (Å²) in [6.45, 7) is 2.03. The van der Waals surface area contributed by atoms with Crippen LogP contribution in [0.2, 0.25) is 0 Å². The van der Waals surface area contributed by atoms with Crippen molar-refractivity contribution in [2.45, 2.75) is 19.4 Å². The molecule has 1 rings (SSSR count). The zero-order valence-electron chi connectivity index (χ0n) is 7.57. The molecule has 1 aromatic rings. The van der Waals surface area contributed by atoms with E-state index >= 15 is 0 Å². The summed E-state index contributed by atoms with van der Waals surface area (Å²) in [5.74, 6) is 0.887. The Hall–Kier alpha value is -1.36. The number of hydrogen-bond acceptors (Lipinski definition) is 5. The molecule has 0 aliphatic heterocycles. The molecular weight excluding hydrogens is 168 g/mol. The number of anilines is 2. The van der Waals surface area contributed by atoms with Gasteiger partial charge < -0.3 is 16.2 Å². The maximum absolute atomic E-state index is 8.93. The Balaban J connectivity index is 2.67. The van der Waals surface area contributed by atoms with Gasteiger partial charge in [-0.1, -0.05) is 6.92 Å². The van der Waals surface area contributed by atoms with Crippen LogP contribution >= 0.6 is 0 Å². The molecule has 0 amide bonds. The van der Waals surface area contributed by atoms with Crippen molar-refractivity contribution in [3.63, 3.8) is 0 Å². The van der Waals surface area contributed by atoms with E-state index in [1.54, 1.807) is 6.20 Å². The van der Waals surface area contributed by atoms with Gasteiger partial charge in [-0.05, 0) is 6.42 Å². The van der Waals surface area contributed by atoms with Gasteiger partial charge in [-0.3, -0.25) is 0 Å². The average molecular weight is 182 g/mol. The predicted molar refractivity (Wildman–Crippen MR) is 51.2 cm³/mol. The largest absolute Gasteiger partial charge is 0.394 e. The van der Waals surface area contributed by atoms with Crippen molar-refractivity contribution in [1.82, 2.24) is 9.97 Å². The summed E-state index contributed by atoms with van der Waals surface area (Å²) < 4.78 is 0. The number of nitrogens with zero attached hydrogens (tertiary/aromatic N) is 2. The van der Waals surface area contributed by atoms with Crippen LogP contribution in [0.4, 0.5) is 11.6 Å². The first-order valence-electron chi connectivity index (χ1n) is 4.21. The normalized spacial score (nSPS) is 12.5. The van der Waals surface area contributed by atoms with Crippen LogP contribution in [0.15, 0.2) is 12.4 Å². The molecule has 0 radical (unpaired) electrons. The van der Waals surface area contributed by atoms with E-state index in [4.69, 9.17) is 10.8 Å². The highest BCUT2D eigenvalue weighted by Gasteiger charge is 2.07. The second-order valence-electron chi connectivity index (χ2n) is 2.72. The number of nitrogen functional groups attached to an aromatic ring is 1. The monoisotopic (exact) mass is 182 g/mol. The maximum atomic E-state index is 8.93. The quantitative estimate of drug-likeness (QED) is 0.621. The molecule has 0 unspecified atom stereocenters. The molecule has 72 valence electrons. The molecule has 1 heterocycles. The minimum absolute atomic E-state index is 0.0148. The average Bonchev–Trinajstić information content (AvgIpc) is 2.17. The van der Waals surface area contributed by atoms with Crippen LogP contribution in [0.5, 0.6) is 0 Å². The molecule has 0 saturated heterocycles. The highest BCUT2D eigenvalue weighted by molar-refractivity contribution is 5.55. The minimum atomic E-state index is -0.0148. The lowest BCUT2D eigenvalue weighted by molar-refractivity contribution is 0.271. The van der Waals surface area contributed by atoms with Gasteiger partial charge in [0.1, 0.15) is 0 Å². The first kappa shape index (κ1) is 9.73. The maximum Gasteiger partial charge on any atom is 0.169 e. The number of aromatic nitrogens is 2. The number of aliphatic hydroxyl groups excluding tert-OH is 1. The molecule has 0 bridgehead atoms. The highest BCUT2D eigenvalue weighted by Crippen LogP contribution is 2.11. The lowest BCUT2D eigenvalue weighted by Gasteiger charge is -2.14. The summed E-state index contributed by atoms with van der Waals surface area (Å²) >= 11 is 0. The van der Waals surface area contributed by atoms with Crippen molar-refractivity contribution in [3.8, 4) is 0 Å². The number of hydrogen-bond donors (Lipinski definition) is 3. The van der Waals surface area contributed by atoms with Gasteiger partial charge in [-0.25, -0.2) is 9.97 Å². The zero-order chi connectivity index (χ0) is 9.68. The highest BCUT2D eigenvalue weighted by atomic mass is 16.3.